The SMILES string of the molecule is CN(Cc1ccc(F)cc1)C(=O)COC(=O)c1cc(=O)c2ccccc2o1. The highest BCUT2D eigenvalue weighted by molar-refractivity contribution is 5.90. The number of ether oxygens (including phenoxy) is 1. The zero-order valence-electron chi connectivity index (χ0n) is 14.5. The quantitative estimate of drug-likeness (QED) is 0.647. The van der Waals surface area contributed by atoms with Crippen molar-refractivity contribution in [3.63, 3.8) is 0 Å². The Morgan fingerprint density at radius 1 is 1.11 bits per heavy atom. The molecule has 7 heteroatoms. The lowest BCUT2D eigenvalue weighted by Gasteiger charge is -2.17. The summed E-state index contributed by atoms with van der Waals surface area (Å²) in [5, 5.41) is 0.351. The van der Waals surface area contributed by atoms with Gasteiger partial charge in [0.2, 0.25) is 5.76 Å². The molecule has 0 saturated carbocycles. The molecule has 0 N–H and O–H groups in total. The van der Waals surface area contributed by atoms with Crippen LogP contribution in [0.1, 0.15) is 16.1 Å². The lowest BCUT2D eigenvalue weighted by atomic mass is 10.2. The Labute approximate surface area is 153 Å². The van der Waals surface area contributed by atoms with Crippen LogP contribution in [0.5, 0.6) is 0 Å². The lowest BCUT2D eigenvalue weighted by molar-refractivity contribution is -0.133. The van der Waals surface area contributed by atoms with Gasteiger partial charge in [-0.15, -0.1) is 0 Å². The topological polar surface area (TPSA) is 76.8 Å². The monoisotopic (exact) mass is 369 g/mol. The van der Waals surface area contributed by atoms with E-state index in [1.165, 1.54) is 24.1 Å². The summed E-state index contributed by atoms with van der Waals surface area (Å²) in [6.45, 7) is -0.269. The number of nitrogens with zero attached hydrogens (tertiary/aromatic N) is 1. The van der Waals surface area contributed by atoms with Gasteiger partial charge in [-0.2, -0.15) is 0 Å². The van der Waals surface area contributed by atoms with Gasteiger partial charge in [0.1, 0.15) is 11.4 Å². The first-order valence-corrected chi connectivity index (χ1v) is 8.12. The fourth-order valence-electron chi connectivity index (χ4n) is 2.46. The fraction of sp³-hybridized carbons (Fsp3) is 0.150. The maximum absolute atomic E-state index is 12.9. The summed E-state index contributed by atoms with van der Waals surface area (Å²) in [4.78, 5) is 37.6. The van der Waals surface area contributed by atoms with Gasteiger partial charge in [0, 0.05) is 19.7 Å². The molecule has 0 bridgehead atoms. The minimum absolute atomic E-state index is 0.238. The maximum Gasteiger partial charge on any atom is 0.374 e. The summed E-state index contributed by atoms with van der Waals surface area (Å²) >= 11 is 0. The second-order valence-electron chi connectivity index (χ2n) is 5.92. The molecule has 0 radical (unpaired) electrons. The van der Waals surface area contributed by atoms with Gasteiger partial charge in [0.05, 0.1) is 5.39 Å². The van der Waals surface area contributed by atoms with E-state index < -0.39 is 18.5 Å². The number of rotatable bonds is 5. The summed E-state index contributed by atoms with van der Waals surface area (Å²) in [7, 11) is 1.54. The van der Waals surface area contributed by atoms with Gasteiger partial charge in [0.15, 0.2) is 12.0 Å². The maximum atomic E-state index is 12.9. The van der Waals surface area contributed by atoms with Gasteiger partial charge in [-0.1, -0.05) is 24.3 Å². The van der Waals surface area contributed by atoms with E-state index in [0.717, 1.165) is 11.6 Å². The van der Waals surface area contributed by atoms with Crippen LogP contribution >= 0.6 is 0 Å². The number of benzene rings is 2. The number of esters is 1. The van der Waals surface area contributed by atoms with Crippen molar-refractivity contribution in [1.29, 1.82) is 0 Å². The van der Waals surface area contributed by atoms with Gasteiger partial charge in [-0.3, -0.25) is 9.59 Å². The van der Waals surface area contributed by atoms with Gasteiger partial charge in [0.25, 0.3) is 5.91 Å². The molecular formula is C20H16FNO5. The molecule has 27 heavy (non-hydrogen) atoms. The van der Waals surface area contributed by atoms with Gasteiger partial charge >= 0.3 is 5.97 Å². The molecule has 1 aromatic heterocycles. The lowest BCUT2D eigenvalue weighted by Crippen LogP contribution is -2.30. The summed E-state index contributed by atoms with van der Waals surface area (Å²) < 4.78 is 23.2. The third kappa shape index (κ3) is 4.38. The van der Waals surface area contributed by atoms with Crippen molar-refractivity contribution in [2.24, 2.45) is 0 Å². The first kappa shape index (κ1) is 18.3. The van der Waals surface area contributed by atoms with E-state index in [2.05, 4.69) is 0 Å². The van der Waals surface area contributed by atoms with Gasteiger partial charge in [-0.25, -0.2) is 9.18 Å². The summed E-state index contributed by atoms with van der Waals surface area (Å²) in [6, 6.07) is 13.3. The minimum atomic E-state index is -0.901. The number of carbonyl (C=O) groups is 2. The third-order valence-corrected chi connectivity index (χ3v) is 3.92. The molecule has 0 fully saturated rings. The molecule has 3 rings (SSSR count). The number of hydrogen-bond acceptors (Lipinski definition) is 5. The molecule has 2 aromatic carbocycles. The van der Waals surface area contributed by atoms with Crippen LogP contribution in [-0.2, 0) is 16.1 Å². The van der Waals surface area contributed by atoms with Crippen molar-refractivity contribution < 1.29 is 23.1 Å². The summed E-state index contributed by atoms with van der Waals surface area (Å²) in [5.41, 5.74) is 0.624. The largest absolute Gasteiger partial charge is 0.450 e. The Balaban J connectivity index is 1.62. The van der Waals surface area contributed by atoms with Crippen molar-refractivity contribution in [3.8, 4) is 0 Å². The Morgan fingerprint density at radius 2 is 1.81 bits per heavy atom. The fourth-order valence-corrected chi connectivity index (χ4v) is 2.46. The van der Waals surface area contributed by atoms with Gasteiger partial charge < -0.3 is 14.1 Å². The molecule has 3 aromatic rings. The molecule has 6 nitrogen and oxygen atoms in total. The van der Waals surface area contributed by atoms with Crippen LogP contribution in [-0.4, -0.2) is 30.4 Å². The highest BCUT2D eigenvalue weighted by Crippen LogP contribution is 2.12. The molecule has 1 amide bonds. The first-order valence-electron chi connectivity index (χ1n) is 8.12. The van der Waals surface area contributed by atoms with Crippen molar-refractivity contribution in [2.75, 3.05) is 13.7 Å². The normalized spacial score (nSPS) is 10.6. The average molecular weight is 369 g/mol. The van der Waals surface area contributed by atoms with Crippen LogP contribution in [0.2, 0.25) is 0 Å². The summed E-state index contributed by atoms with van der Waals surface area (Å²) in [6.07, 6.45) is 0. The van der Waals surface area contributed by atoms with E-state index in [1.54, 1.807) is 36.4 Å². The smallest absolute Gasteiger partial charge is 0.374 e. The molecular weight excluding hydrogens is 353 g/mol. The van der Waals surface area contributed by atoms with Crippen LogP contribution in [0.3, 0.4) is 0 Å². The Bertz CT molecular complexity index is 1040. The number of amides is 1. The Hall–Kier alpha value is -3.48. The molecule has 0 atom stereocenters. The van der Waals surface area contributed by atoms with Crippen LogP contribution in [0, 0.1) is 5.82 Å². The highest BCUT2D eigenvalue weighted by Gasteiger charge is 2.17. The van der Waals surface area contributed by atoms with E-state index in [-0.39, 0.29) is 29.1 Å². The second-order valence-corrected chi connectivity index (χ2v) is 5.92. The third-order valence-electron chi connectivity index (χ3n) is 3.92. The first-order chi connectivity index (χ1) is 12.9. The van der Waals surface area contributed by atoms with Crippen LogP contribution < -0.4 is 5.43 Å². The number of para-hydroxylation sites is 1. The number of halogens is 1. The predicted octanol–water partition coefficient (Wildman–Crippen LogP) is 2.75. The van der Waals surface area contributed by atoms with E-state index in [1.807, 2.05) is 0 Å². The molecule has 0 saturated heterocycles. The number of fused-ring (bicyclic) bond motifs is 1. The van der Waals surface area contributed by atoms with E-state index >= 15 is 0 Å². The number of likely N-dealkylation sites (N-methyl/N-ethyl adjacent to an activating group) is 1. The van der Waals surface area contributed by atoms with Crippen molar-refractivity contribution >= 4 is 22.8 Å². The molecule has 0 aliphatic carbocycles. The van der Waals surface area contributed by atoms with Crippen molar-refractivity contribution in [3.05, 3.63) is 82.0 Å². The van der Waals surface area contributed by atoms with Gasteiger partial charge in [-0.05, 0) is 29.8 Å². The van der Waals surface area contributed by atoms with E-state index in [0.29, 0.717) is 5.39 Å². The molecule has 138 valence electrons. The van der Waals surface area contributed by atoms with Crippen molar-refractivity contribution in [2.45, 2.75) is 6.54 Å². The van der Waals surface area contributed by atoms with E-state index in [4.69, 9.17) is 9.15 Å². The van der Waals surface area contributed by atoms with Crippen LogP contribution in [0.15, 0.2) is 63.8 Å². The zero-order valence-corrected chi connectivity index (χ0v) is 14.5. The standard InChI is InChI=1S/C20H16FNO5/c1-22(11-13-6-8-14(21)9-7-13)19(24)12-26-20(25)18-10-16(23)15-4-2-3-5-17(15)27-18/h2-10H,11-12H2,1H3. The van der Waals surface area contributed by atoms with E-state index in [9.17, 15) is 18.8 Å². The minimum Gasteiger partial charge on any atom is -0.450 e. The Morgan fingerprint density at radius 3 is 2.56 bits per heavy atom. The summed E-state index contributed by atoms with van der Waals surface area (Å²) in [5.74, 6) is -1.98. The highest BCUT2D eigenvalue weighted by atomic mass is 19.1. The molecule has 0 aliphatic rings. The Kier molecular flexibility index (Phi) is 5.30. The van der Waals surface area contributed by atoms with Crippen LogP contribution in [0.4, 0.5) is 4.39 Å². The predicted molar refractivity (Wildman–Crippen MR) is 95.6 cm³/mol. The molecule has 0 spiro atoms. The zero-order chi connectivity index (χ0) is 19.4. The second kappa shape index (κ2) is 7.82. The average Bonchev–Trinajstić information content (AvgIpc) is 2.67. The number of carbonyl (C=O) groups excluding carboxylic acids is 2. The molecule has 0 unspecified atom stereocenters. The molecule has 1 heterocycles. The van der Waals surface area contributed by atoms with Crippen LogP contribution in [0.25, 0.3) is 11.0 Å². The van der Waals surface area contributed by atoms with Crippen molar-refractivity contribution in [1.82, 2.24) is 4.90 Å². The molecule has 0 aliphatic heterocycles. The number of hydrogen-bond donors (Lipinski definition) is 0.